The Morgan fingerprint density at radius 2 is 1.66 bits per heavy atom. The van der Waals surface area contributed by atoms with Gasteiger partial charge in [-0.15, -0.1) is 0 Å². The van der Waals surface area contributed by atoms with Gasteiger partial charge in [-0.25, -0.2) is 0 Å². The summed E-state index contributed by atoms with van der Waals surface area (Å²) in [5.41, 5.74) is 3.29. The molecule has 3 aromatic carbocycles. The number of non-ortho nitro benzene ring substituents is 1. The highest BCUT2D eigenvalue weighted by Crippen LogP contribution is 2.41. The molecule has 158 valence electrons. The minimum Gasteiger partial charge on any atom is -0.450 e. The van der Waals surface area contributed by atoms with E-state index in [2.05, 4.69) is 0 Å². The summed E-state index contributed by atoms with van der Waals surface area (Å²) in [6.07, 6.45) is 0. The van der Waals surface area contributed by atoms with Gasteiger partial charge in [-0.05, 0) is 61.4 Å². The van der Waals surface area contributed by atoms with Crippen LogP contribution in [0.15, 0.2) is 75.9 Å². The average molecular weight is 426 g/mol. The number of carbonyl (C=O) groups is 1. The minimum absolute atomic E-state index is 0.00351. The van der Waals surface area contributed by atoms with E-state index in [-0.39, 0.29) is 22.4 Å². The fraction of sp³-hybridized carbons (Fsp3) is 0.120. The van der Waals surface area contributed by atoms with Gasteiger partial charge in [0.2, 0.25) is 5.76 Å². The number of hydrogen-bond acceptors (Lipinski definition) is 5. The highest BCUT2D eigenvalue weighted by atomic mass is 16.6. The maximum atomic E-state index is 13.6. The minimum atomic E-state index is -0.763. The van der Waals surface area contributed by atoms with Crippen molar-refractivity contribution in [2.75, 3.05) is 4.90 Å². The second-order valence-electron chi connectivity index (χ2n) is 7.94. The summed E-state index contributed by atoms with van der Waals surface area (Å²) in [5.74, 6) is -0.426. The molecule has 7 heteroatoms. The summed E-state index contributed by atoms with van der Waals surface area (Å²) < 4.78 is 5.95. The van der Waals surface area contributed by atoms with Crippen LogP contribution in [0.25, 0.3) is 11.0 Å². The number of rotatable bonds is 3. The Hall–Kier alpha value is -4.26. The Kier molecular flexibility index (Phi) is 4.41. The predicted molar refractivity (Wildman–Crippen MR) is 120 cm³/mol. The second-order valence-corrected chi connectivity index (χ2v) is 7.94. The number of aryl methyl sites for hydroxylation is 2. The van der Waals surface area contributed by atoms with E-state index in [1.165, 1.54) is 17.0 Å². The van der Waals surface area contributed by atoms with Crippen LogP contribution in [0.1, 0.15) is 38.9 Å². The number of amides is 1. The SMILES string of the molecule is Cc1cccc(N2C(=O)c3oc4ccc(C)cc4c(=O)c3C2c2ccc([N+](=O)[O-])cc2)c1. The Labute approximate surface area is 182 Å². The number of nitrogens with zero attached hydrogens (tertiary/aromatic N) is 2. The predicted octanol–water partition coefficient (Wildman–Crippen LogP) is 5.07. The van der Waals surface area contributed by atoms with Gasteiger partial charge in [0.25, 0.3) is 11.6 Å². The lowest BCUT2D eigenvalue weighted by Crippen LogP contribution is -2.29. The third kappa shape index (κ3) is 2.98. The monoisotopic (exact) mass is 426 g/mol. The van der Waals surface area contributed by atoms with Crippen molar-refractivity contribution in [3.8, 4) is 0 Å². The van der Waals surface area contributed by atoms with Crippen molar-refractivity contribution in [2.45, 2.75) is 19.9 Å². The van der Waals surface area contributed by atoms with Crippen LogP contribution in [0.3, 0.4) is 0 Å². The lowest BCUT2D eigenvalue weighted by molar-refractivity contribution is -0.384. The van der Waals surface area contributed by atoms with Crippen LogP contribution in [0.4, 0.5) is 11.4 Å². The lowest BCUT2D eigenvalue weighted by atomic mass is 9.97. The van der Waals surface area contributed by atoms with Crippen LogP contribution in [0.5, 0.6) is 0 Å². The molecule has 4 aromatic rings. The van der Waals surface area contributed by atoms with Gasteiger partial charge in [-0.1, -0.05) is 23.8 Å². The quantitative estimate of drug-likeness (QED) is 0.337. The first-order chi connectivity index (χ1) is 15.3. The summed E-state index contributed by atoms with van der Waals surface area (Å²) in [7, 11) is 0. The highest BCUT2D eigenvalue weighted by Gasteiger charge is 2.43. The van der Waals surface area contributed by atoms with Crippen LogP contribution in [0, 0.1) is 24.0 Å². The molecule has 1 aliphatic heterocycles. The van der Waals surface area contributed by atoms with Gasteiger partial charge in [0.05, 0.1) is 21.9 Å². The molecule has 0 spiro atoms. The molecule has 0 fully saturated rings. The van der Waals surface area contributed by atoms with Gasteiger partial charge in [0.15, 0.2) is 5.43 Å². The second kappa shape index (κ2) is 7.16. The van der Waals surface area contributed by atoms with E-state index < -0.39 is 16.9 Å². The lowest BCUT2D eigenvalue weighted by Gasteiger charge is -2.25. The van der Waals surface area contributed by atoms with Crippen molar-refractivity contribution in [2.24, 2.45) is 0 Å². The molecule has 1 aliphatic rings. The number of hydrogen-bond donors (Lipinski definition) is 0. The molecule has 0 saturated heterocycles. The summed E-state index contributed by atoms with van der Waals surface area (Å²) in [5, 5.41) is 11.5. The molecular weight excluding hydrogens is 408 g/mol. The third-order valence-corrected chi connectivity index (χ3v) is 5.73. The number of benzene rings is 3. The molecule has 1 atom stereocenters. The van der Waals surface area contributed by atoms with E-state index >= 15 is 0 Å². The fourth-order valence-corrected chi connectivity index (χ4v) is 4.22. The van der Waals surface area contributed by atoms with Gasteiger partial charge in [0.1, 0.15) is 5.58 Å². The standard InChI is InChI=1S/C25H18N2O5/c1-14-4-3-5-18(12-14)26-22(16-7-9-17(10-8-16)27(30)31)21-23(28)19-13-15(2)6-11-20(19)32-24(21)25(26)29/h3-13,22H,1-2H3. The zero-order valence-corrected chi connectivity index (χ0v) is 17.4. The molecule has 1 aromatic heterocycles. The number of anilines is 1. The van der Waals surface area contributed by atoms with Gasteiger partial charge in [-0.2, -0.15) is 0 Å². The van der Waals surface area contributed by atoms with E-state index in [1.54, 1.807) is 30.3 Å². The molecule has 32 heavy (non-hydrogen) atoms. The van der Waals surface area contributed by atoms with Gasteiger partial charge >= 0.3 is 0 Å². The summed E-state index contributed by atoms with van der Waals surface area (Å²) in [4.78, 5) is 39.2. The zero-order valence-electron chi connectivity index (χ0n) is 17.4. The van der Waals surface area contributed by atoms with Crippen molar-refractivity contribution in [1.29, 1.82) is 0 Å². The summed E-state index contributed by atoms with van der Waals surface area (Å²) in [6.45, 7) is 3.79. The van der Waals surface area contributed by atoms with E-state index in [1.807, 2.05) is 38.1 Å². The first-order valence-electron chi connectivity index (χ1n) is 10.1. The van der Waals surface area contributed by atoms with Gasteiger partial charge in [0, 0.05) is 17.8 Å². The highest BCUT2D eigenvalue weighted by molar-refractivity contribution is 6.10. The van der Waals surface area contributed by atoms with Crippen molar-refractivity contribution < 1.29 is 14.1 Å². The first-order valence-corrected chi connectivity index (χ1v) is 10.1. The molecule has 0 N–H and O–H groups in total. The van der Waals surface area contributed by atoms with Crippen LogP contribution in [-0.2, 0) is 0 Å². The molecular formula is C25H18N2O5. The van der Waals surface area contributed by atoms with Crippen molar-refractivity contribution in [3.05, 3.63) is 115 Å². The molecule has 0 saturated carbocycles. The zero-order chi connectivity index (χ0) is 22.6. The molecule has 1 unspecified atom stereocenters. The number of carbonyl (C=O) groups excluding carboxylic acids is 1. The average Bonchev–Trinajstić information content (AvgIpc) is 3.07. The fourth-order valence-electron chi connectivity index (χ4n) is 4.22. The molecule has 7 nitrogen and oxygen atoms in total. The van der Waals surface area contributed by atoms with E-state index in [0.29, 0.717) is 22.2 Å². The molecule has 2 heterocycles. The number of fused-ring (bicyclic) bond motifs is 2. The van der Waals surface area contributed by atoms with Crippen molar-refractivity contribution >= 4 is 28.3 Å². The molecule has 1 amide bonds. The number of nitro benzene ring substituents is 1. The van der Waals surface area contributed by atoms with Crippen LogP contribution in [0.2, 0.25) is 0 Å². The van der Waals surface area contributed by atoms with Crippen molar-refractivity contribution in [3.63, 3.8) is 0 Å². The largest absolute Gasteiger partial charge is 0.450 e. The van der Waals surface area contributed by atoms with Crippen LogP contribution < -0.4 is 10.3 Å². The Bertz CT molecular complexity index is 1470. The molecule has 5 rings (SSSR count). The topological polar surface area (TPSA) is 93.7 Å². The Morgan fingerprint density at radius 3 is 2.34 bits per heavy atom. The molecule has 0 bridgehead atoms. The number of nitro groups is 1. The van der Waals surface area contributed by atoms with Crippen LogP contribution >= 0.6 is 0 Å². The maximum absolute atomic E-state index is 13.6. The van der Waals surface area contributed by atoms with Gasteiger partial charge in [-0.3, -0.25) is 24.6 Å². The molecule has 0 radical (unpaired) electrons. The van der Waals surface area contributed by atoms with Crippen molar-refractivity contribution in [1.82, 2.24) is 0 Å². The van der Waals surface area contributed by atoms with E-state index in [0.717, 1.165) is 11.1 Å². The van der Waals surface area contributed by atoms with E-state index in [9.17, 15) is 19.7 Å². The third-order valence-electron chi connectivity index (χ3n) is 5.73. The summed E-state index contributed by atoms with van der Waals surface area (Å²) in [6, 6.07) is 17.8. The van der Waals surface area contributed by atoms with Crippen LogP contribution in [-0.4, -0.2) is 10.8 Å². The Balaban J connectivity index is 1.80. The van der Waals surface area contributed by atoms with Gasteiger partial charge < -0.3 is 4.42 Å². The normalized spacial score (nSPS) is 15.2. The maximum Gasteiger partial charge on any atom is 0.295 e. The smallest absolute Gasteiger partial charge is 0.295 e. The summed E-state index contributed by atoms with van der Waals surface area (Å²) >= 11 is 0. The molecule has 0 aliphatic carbocycles. The Morgan fingerprint density at radius 1 is 0.938 bits per heavy atom. The van der Waals surface area contributed by atoms with E-state index in [4.69, 9.17) is 4.42 Å². The first kappa shape index (κ1) is 19.7.